The van der Waals surface area contributed by atoms with E-state index in [2.05, 4.69) is 20.6 Å². The van der Waals surface area contributed by atoms with Gasteiger partial charge in [-0.1, -0.05) is 30.3 Å². The first kappa shape index (κ1) is 18.4. The minimum absolute atomic E-state index is 0.0850. The van der Waals surface area contributed by atoms with Crippen LogP contribution in [-0.4, -0.2) is 42.4 Å². The Hall–Kier alpha value is -2.96. The third-order valence-electron chi connectivity index (χ3n) is 3.43. The summed E-state index contributed by atoms with van der Waals surface area (Å²) >= 11 is 0. The second-order valence-electron chi connectivity index (χ2n) is 5.58. The van der Waals surface area contributed by atoms with Gasteiger partial charge < -0.3 is 15.5 Å². The van der Waals surface area contributed by atoms with Gasteiger partial charge in [-0.2, -0.15) is 0 Å². The zero-order valence-electron chi connectivity index (χ0n) is 14.4. The molecular weight excluding hydrogens is 321 g/mol. The highest BCUT2D eigenvalue weighted by molar-refractivity contribution is 5.86. The molecule has 2 N–H and O–H groups in total. The van der Waals surface area contributed by atoms with Crippen LogP contribution in [0.5, 0.6) is 0 Å². The SMILES string of the molecule is CN(C)C(=O)CNC(=NCc1ccccc1)NCc1ncccc1F. The van der Waals surface area contributed by atoms with Crippen molar-refractivity contribution in [3.05, 3.63) is 65.7 Å². The van der Waals surface area contributed by atoms with Gasteiger partial charge in [-0.3, -0.25) is 9.78 Å². The zero-order valence-corrected chi connectivity index (χ0v) is 14.4. The monoisotopic (exact) mass is 343 g/mol. The summed E-state index contributed by atoms with van der Waals surface area (Å²) in [6.45, 7) is 0.707. The van der Waals surface area contributed by atoms with Crippen LogP contribution in [0.15, 0.2) is 53.7 Å². The van der Waals surface area contributed by atoms with Gasteiger partial charge in [-0.25, -0.2) is 9.38 Å². The van der Waals surface area contributed by atoms with Crippen molar-refractivity contribution in [3.8, 4) is 0 Å². The lowest BCUT2D eigenvalue weighted by Crippen LogP contribution is -2.42. The van der Waals surface area contributed by atoms with E-state index in [9.17, 15) is 9.18 Å². The molecule has 1 heterocycles. The number of carbonyl (C=O) groups is 1. The molecule has 0 aliphatic carbocycles. The molecule has 0 spiro atoms. The molecule has 0 saturated carbocycles. The maximum absolute atomic E-state index is 13.7. The number of guanidine groups is 1. The van der Waals surface area contributed by atoms with Gasteiger partial charge in [0.05, 0.1) is 25.3 Å². The van der Waals surface area contributed by atoms with E-state index in [1.165, 1.54) is 23.2 Å². The van der Waals surface area contributed by atoms with Crippen LogP contribution in [0, 0.1) is 5.82 Å². The normalized spacial score (nSPS) is 11.1. The summed E-state index contributed by atoms with van der Waals surface area (Å²) < 4.78 is 13.7. The number of pyridine rings is 1. The molecule has 0 fully saturated rings. The summed E-state index contributed by atoms with van der Waals surface area (Å²) in [5, 5.41) is 5.97. The van der Waals surface area contributed by atoms with Crippen LogP contribution in [-0.2, 0) is 17.9 Å². The molecule has 2 aromatic rings. The number of nitrogens with one attached hydrogen (secondary N) is 2. The Balaban J connectivity index is 2.02. The number of halogens is 1. The number of amides is 1. The van der Waals surface area contributed by atoms with Gasteiger partial charge in [0, 0.05) is 20.3 Å². The Morgan fingerprint density at radius 3 is 2.60 bits per heavy atom. The molecule has 0 bridgehead atoms. The minimum atomic E-state index is -0.387. The van der Waals surface area contributed by atoms with Crippen LogP contribution in [0.4, 0.5) is 4.39 Å². The highest BCUT2D eigenvalue weighted by Gasteiger charge is 2.08. The molecule has 1 aromatic heterocycles. The van der Waals surface area contributed by atoms with Gasteiger partial charge >= 0.3 is 0 Å². The van der Waals surface area contributed by atoms with Gasteiger partial charge in [0.15, 0.2) is 5.96 Å². The molecule has 1 amide bonds. The number of aliphatic imine (C=N–C) groups is 1. The Labute approximate surface area is 146 Å². The summed E-state index contributed by atoms with van der Waals surface area (Å²) in [6, 6.07) is 12.6. The number of carbonyl (C=O) groups excluding carboxylic acids is 1. The second-order valence-corrected chi connectivity index (χ2v) is 5.58. The Kier molecular flexibility index (Phi) is 6.88. The van der Waals surface area contributed by atoms with Crippen molar-refractivity contribution >= 4 is 11.9 Å². The second kappa shape index (κ2) is 9.36. The molecule has 0 atom stereocenters. The number of hydrogen-bond donors (Lipinski definition) is 2. The molecule has 25 heavy (non-hydrogen) atoms. The molecule has 0 aliphatic rings. The summed E-state index contributed by atoms with van der Waals surface area (Å²) in [6.07, 6.45) is 1.53. The molecule has 0 unspecified atom stereocenters. The number of hydrogen-bond acceptors (Lipinski definition) is 3. The van der Waals surface area contributed by atoms with Crippen molar-refractivity contribution in [2.24, 2.45) is 4.99 Å². The van der Waals surface area contributed by atoms with Crippen LogP contribution >= 0.6 is 0 Å². The van der Waals surface area contributed by atoms with E-state index in [-0.39, 0.29) is 30.5 Å². The molecule has 0 aliphatic heterocycles. The van der Waals surface area contributed by atoms with E-state index < -0.39 is 0 Å². The summed E-state index contributed by atoms with van der Waals surface area (Å²) in [5.41, 5.74) is 1.32. The molecule has 132 valence electrons. The van der Waals surface area contributed by atoms with Crippen LogP contribution < -0.4 is 10.6 Å². The van der Waals surface area contributed by atoms with Crippen molar-refractivity contribution in [2.75, 3.05) is 20.6 Å². The first-order valence-electron chi connectivity index (χ1n) is 7.92. The third-order valence-corrected chi connectivity index (χ3v) is 3.43. The average Bonchev–Trinajstić information content (AvgIpc) is 2.62. The number of aromatic nitrogens is 1. The molecular formula is C18H22FN5O. The fraction of sp³-hybridized carbons (Fsp3) is 0.278. The van der Waals surface area contributed by atoms with Gasteiger partial charge in [-0.05, 0) is 17.7 Å². The fourth-order valence-corrected chi connectivity index (χ4v) is 1.96. The molecule has 1 aromatic carbocycles. The predicted molar refractivity (Wildman–Crippen MR) is 95.3 cm³/mol. The van der Waals surface area contributed by atoms with E-state index >= 15 is 0 Å². The largest absolute Gasteiger partial charge is 0.351 e. The van der Waals surface area contributed by atoms with Gasteiger partial charge in [0.2, 0.25) is 5.91 Å². The lowest BCUT2D eigenvalue weighted by Gasteiger charge is -2.15. The van der Waals surface area contributed by atoms with E-state index in [1.807, 2.05) is 30.3 Å². The van der Waals surface area contributed by atoms with Crippen LogP contribution in [0.3, 0.4) is 0 Å². The molecule has 0 saturated heterocycles. The van der Waals surface area contributed by atoms with Crippen molar-refractivity contribution in [3.63, 3.8) is 0 Å². The standard InChI is InChI=1S/C18H22FN5O/c1-24(2)17(25)13-23-18(21-11-14-7-4-3-5-8-14)22-12-16-15(19)9-6-10-20-16/h3-10H,11-13H2,1-2H3,(H2,21,22,23). The van der Waals surface area contributed by atoms with Crippen LogP contribution in [0.25, 0.3) is 0 Å². The lowest BCUT2D eigenvalue weighted by atomic mass is 10.2. The van der Waals surface area contributed by atoms with Crippen molar-refractivity contribution in [1.29, 1.82) is 0 Å². The van der Waals surface area contributed by atoms with E-state index in [0.717, 1.165) is 5.56 Å². The summed E-state index contributed by atoms with van der Waals surface area (Å²) in [5.74, 6) is -0.0517. The van der Waals surface area contributed by atoms with Crippen LogP contribution in [0.1, 0.15) is 11.3 Å². The van der Waals surface area contributed by atoms with Crippen molar-refractivity contribution < 1.29 is 9.18 Å². The number of rotatable bonds is 6. The topological polar surface area (TPSA) is 69.6 Å². The number of benzene rings is 1. The fourth-order valence-electron chi connectivity index (χ4n) is 1.96. The average molecular weight is 343 g/mol. The Bertz CT molecular complexity index is 718. The van der Waals surface area contributed by atoms with Crippen molar-refractivity contribution in [1.82, 2.24) is 20.5 Å². The summed E-state index contributed by atoms with van der Waals surface area (Å²) in [4.78, 5) is 21.7. The lowest BCUT2D eigenvalue weighted by molar-refractivity contribution is -0.127. The van der Waals surface area contributed by atoms with Gasteiger partial charge in [0.1, 0.15) is 5.82 Å². The van der Waals surface area contributed by atoms with Crippen molar-refractivity contribution in [2.45, 2.75) is 13.1 Å². The number of nitrogens with zero attached hydrogens (tertiary/aromatic N) is 3. The molecule has 6 nitrogen and oxygen atoms in total. The molecule has 0 radical (unpaired) electrons. The smallest absolute Gasteiger partial charge is 0.241 e. The van der Waals surface area contributed by atoms with Gasteiger partial charge in [0.25, 0.3) is 0 Å². The van der Waals surface area contributed by atoms with Gasteiger partial charge in [-0.15, -0.1) is 0 Å². The molecule has 7 heteroatoms. The summed E-state index contributed by atoms with van der Waals surface area (Å²) in [7, 11) is 3.36. The first-order chi connectivity index (χ1) is 12.1. The highest BCUT2D eigenvalue weighted by Crippen LogP contribution is 2.02. The highest BCUT2D eigenvalue weighted by atomic mass is 19.1. The minimum Gasteiger partial charge on any atom is -0.351 e. The number of likely N-dealkylation sites (N-methyl/N-ethyl adjacent to an activating group) is 1. The predicted octanol–water partition coefficient (Wildman–Crippen LogP) is 1.54. The third kappa shape index (κ3) is 6.21. The van der Waals surface area contributed by atoms with E-state index in [1.54, 1.807) is 14.1 Å². The first-order valence-corrected chi connectivity index (χ1v) is 7.92. The maximum Gasteiger partial charge on any atom is 0.241 e. The quantitative estimate of drug-likeness (QED) is 0.617. The maximum atomic E-state index is 13.7. The zero-order chi connectivity index (χ0) is 18.1. The Morgan fingerprint density at radius 2 is 1.92 bits per heavy atom. The Morgan fingerprint density at radius 1 is 1.16 bits per heavy atom. The molecule has 2 rings (SSSR count). The van der Waals surface area contributed by atoms with E-state index in [0.29, 0.717) is 12.5 Å². The van der Waals surface area contributed by atoms with E-state index in [4.69, 9.17) is 0 Å². The van der Waals surface area contributed by atoms with Crippen LogP contribution in [0.2, 0.25) is 0 Å².